The van der Waals surface area contributed by atoms with Gasteiger partial charge in [-0.05, 0) is 49.6 Å². The van der Waals surface area contributed by atoms with Gasteiger partial charge in [0.2, 0.25) is 17.8 Å². The summed E-state index contributed by atoms with van der Waals surface area (Å²) in [6, 6.07) is 9.99. The second-order valence-electron chi connectivity index (χ2n) is 8.23. The third-order valence-electron chi connectivity index (χ3n) is 5.93. The van der Waals surface area contributed by atoms with Gasteiger partial charge in [0.25, 0.3) is 0 Å². The van der Waals surface area contributed by atoms with E-state index < -0.39 is 0 Å². The quantitative estimate of drug-likeness (QED) is 0.599. The highest BCUT2D eigenvalue weighted by Gasteiger charge is 2.24. The summed E-state index contributed by atoms with van der Waals surface area (Å²) in [6.45, 7) is 4.83. The molecule has 3 aromatic rings. The molecule has 33 heavy (non-hydrogen) atoms. The second-order valence-corrected chi connectivity index (χ2v) is 8.63. The zero-order valence-electron chi connectivity index (χ0n) is 18.3. The van der Waals surface area contributed by atoms with Gasteiger partial charge < -0.3 is 20.0 Å². The van der Waals surface area contributed by atoms with E-state index in [2.05, 4.69) is 35.0 Å². The molecule has 0 amide bonds. The monoisotopic (exact) mass is 468 g/mol. The minimum atomic E-state index is -0.310. The Balaban J connectivity index is 1.38. The van der Waals surface area contributed by atoms with Gasteiger partial charge in [0.05, 0.1) is 5.02 Å². The van der Waals surface area contributed by atoms with Crippen molar-refractivity contribution < 1.29 is 4.39 Å². The van der Waals surface area contributed by atoms with Crippen LogP contribution in [0, 0.1) is 5.82 Å². The molecule has 2 aliphatic rings. The van der Waals surface area contributed by atoms with Crippen molar-refractivity contribution in [3.05, 3.63) is 53.4 Å². The van der Waals surface area contributed by atoms with E-state index in [4.69, 9.17) is 16.6 Å². The van der Waals surface area contributed by atoms with E-state index >= 15 is 0 Å². The van der Waals surface area contributed by atoms with Crippen molar-refractivity contribution in [2.24, 2.45) is 0 Å². The number of nitrogens with zero attached hydrogens (tertiary/aromatic N) is 7. The molecule has 5 rings (SSSR count). The van der Waals surface area contributed by atoms with Crippen LogP contribution in [0.5, 0.6) is 0 Å². The first kappa shape index (κ1) is 21.6. The number of halogens is 2. The van der Waals surface area contributed by atoms with Crippen LogP contribution in [0.15, 0.2) is 42.6 Å². The van der Waals surface area contributed by atoms with E-state index in [1.165, 1.54) is 18.6 Å². The smallest absolute Gasteiger partial charge is 0.233 e. The van der Waals surface area contributed by atoms with Gasteiger partial charge >= 0.3 is 0 Å². The molecule has 2 aromatic heterocycles. The summed E-state index contributed by atoms with van der Waals surface area (Å²) in [7, 11) is 0. The average Bonchev–Trinajstić information content (AvgIpc) is 2.85. The number of benzene rings is 1. The summed E-state index contributed by atoms with van der Waals surface area (Å²) >= 11 is 6.34. The maximum absolute atomic E-state index is 13.7. The number of pyridine rings is 1. The Morgan fingerprint density at radius 2 is 1.48 bits per heavy atom. The molecule has 8 nitrogen and oxygen atoms in total. The molecule has 172 valence electrons. The van der Waals surface area contributed by atoms with Gasteiger partial charge in [0, 0.05) is 51.2 Å². The molecule has 2 fully saturated rings. The topological polar surface area (TPSA) is 73.3 Å². The first-order valence-corrected chi connectivity index (χ1v) is 11.7. The molecular formula is C23H26ClFN8. The molecule has 0 radical (unpaired) electrons. The molecule has 0 saturated carbocycles. The number of hydrogen-bond acceptors (Lipinski definition) is 8. The molecule has 2 aliphatic heterocycles. The minimum absolute atomic E-state index is 0.310. The van der Waals surface area contributed by atoms with E-state index in [0.717, 1.165) is 57.9 Å². The molecule has 0 bridgehead atoms. The molecule has 10 heteroatoms. The molecule has 0 atom stereocenters. The van der Waals surface area contributed by atoms with Crippen LogP contribution in [-0.2, 0) is 0 Å². The summed E-state index contributed by atoms with van der Waals surface area (Å²) < 4.78 is 13.7. The predicted octanol–water partition coefficient (Wildman–Crippen LogP) is 4.12. The number of aromatic nitrogens is 4. The van der Waals surface area contributed by atoms with Crippen LogP contribution in [0.4, 0.5) is 33.7 Å². The molecule has 1 N–H and O–H groups in total. The Hall–Kier alpha value is -3.20. The Labute approximate surface area is 197 Å². The van der Waals surface area contributed by atoms with Crippen LogP contribution in [0.1, 0.15) is 19.3 Å². The van der Waals surface area contributed by atoms with Crippen molar-refractivity contribution in [1.29, 1.82) is 0 Å². The van der Waals surface area contributed by atoms with Gasteiger partial charge in [-0.15, -0.1) is 0 Å². The van der Waals surface area contributed by atoms with Gasteiger partial charge in [-0.2, -0.15) is 15.0 Å². The van der Waals surface area contributed by atoms with Gasteiger partial charge in [0.1, 0.15) is 11.6 Å². The summed E-state index contributed by atoms with van der Waals surface area (Å²) in [5, 5.41) is 3.81. The summed E-state index contributed by atoms with van der Waals surface area (Å²) in [5.41, 5.74) is 0.603. The molecule has 0 aliphatic carbocycles. The van der Waals surface area contributed by atoms with Crippen LogP contribution in [0.2, 0.25) is 5.02 Å². The van der Waals surface area contributed by atoms with E-state index in [-0.39, 0.29) is 5.82 Å². The van der Waals surface area contributed by atoms with Crippen molar-refractivity contribution in [2.75, 3.05) is 59.3 Å². The van der Waals surface area contributed by atoms with Crippen LogP contribution in [0.3, 0.4) is 0 Å². The van der Waals surface area contributed by atoms with Gasteiger partial charge in [0.15, 0.2) is 0 Å². The third-order valence-corrected chi connectivity index (χ3v) is 6.23. The number of nitrogens with one attached hydrogen (secondary N) is 1. The Morgan fingerprint density at radius 3 is 2.18 bits per heavy atom. The number of anilines is 5. The van der Waals surface area contributed by atoms with Crippen molar-refractivity contribution in [1.82, 2.24) is 19.9 Å². The zero-order chi connectivity index (χ0) is 22.6. The third kappa shape index (κ3) is 5.08. The van der Waals surface area contributed by atoms with Gasteiger partial charge in [-0.1, -0.05) is 17.7 Å². The van der Waals surface area contributed by atoms with E-state index in [9.17, 15) is 4.39 Å². The molecule has 0 unspecified atom stereocenters. The predicted molar refractivity (Wildman–Crippen MR) is 129 cm³/mol. The van der Waals surface area contributed by atoms with Crippen molar-refractivity contribution in [2.45, 2.75) is 19.3 Å². The largest absolute Gasteiger partial charge is 0.352 e. The first-order valence-electron chi connectivity index (χ1n) is 11.3. The first-order chi connectivity index (χ1) is 16.2. The lowest BCUT2D eigenvalue weighted by Gasteiger charge is -2.36. The fraction of sp³-hybridized carbons (Fsp3) is 0.391. The standard InChI is InChI=1S/C23H26ClFN8/c24-19-8-5-9-26-20(19)31-12-14-33(15-13-31)23-29-21(27-18-7-4-6-17(25)16-18)28-22(30-23)32-10-2-1-3-11-32/h4-9,16H,1-3,10-15H2,(H,27,28,29,30). The molecule has 4 heterocycles. The molecule has 0 spiro atoms. The average molecular weight is 469 g/mol. The molecule has 2 saturated heterocycles. The van der Waals surface area contributed by atoms with Gasteiger partial charge in [-0.25, -0.2) is 9.37 Å². The number of piperidine rings is 1. The van der Waals surface area contributed by atoms with Crippen molar-refractivity contribution in [3.8, 4) is 0 Å². The lowest BCUT2D eigenvalue weighted by atomic mass is 10.1. The summed E-state index contributed by atoms with van der Waals surface area (Å²) in [4.78, 5) is 25.1. The van der Waals surface area contributed by atoms with E-state index in [1.54, 1.807) is 18.3 Å². The van der Waals surface area contributed by atoms with Crippen LogP contribution in [-0.4, -0.2) is 59.2 Å². The van der Waals surface area contributed by atoms with Crippen LogP contribution >= 0.6 is 11.6 Å². The highest BCUT2D eigenvalue weighted by Crippen LogP contribution is 2.26. The van der Waals surface area contributed by atoms with Crippen molar-refractivity contribution in [3.63, 3.8) is 0 Å². The Bertz CT molecular complexity index is 1100. The fourth-order valence-corrected chi connectivity index (χ4v) is 4.45. The molecular weight excluding hydrogens is 443 g/mol. The lowest BCUT2D eigenvalue weighted by molar-refractivity contribution is 0.566. The lowest BCUT2D eigenvalue weighted by Crippen LogP contribution is -2.47. The minimum Gasteiger partial charge on any atom is -0.352 e. The maximum Gasteiger partial charge on any atom is 0.233 e. The van der Waals surface area contributed by atoms with Crippen molar-refractivity contribution >= 4 is 41.0 Å². The fourth-order valence-electron chi connectivity index (χ4n) is 4.21. The highest BCUT2D eigenvalue weighted by molar-refractivity contribution is 6.32. The maximum atomic E-state index is 13.7. The van der Waals surface area contributed by atoms with Gasteiger partial charge in [-0.3, -0.25) is 0 Å². The van der Waals surface area contributed by atoms with E-state index in [1.807, 2.05) is 12.1 Å². The summed E-state index contributed by atoms with van der Waals surface area (Å²) in [5.74, 6) is 2.19. The van der Waals surface area contributed by atoms with Crippen LogP contribution in [0.25, 0.3) is 0 Å². The SMILES string of the molecule is Fc1cccc(Nc2nc(N3CCCCC3)nc(N3CCN(c4ncccc4Cl)CC3)n2)c1. The zero-order valence-corrected chi connectivity index (χ0v) is 19.0. The van der Waals surface area contributed by atoms with E-state index in [0.29, 0.717) is 28.6 Å². The number of piperazine rings is 1. The van der Waals surface area contributed by atoms with Crippen LogP contribution < -0.4 is 20.0 Å². The Kier molecular flexibility index (Phi) is 6.39. The molecule has 1 aromatic carbocycles. The normalized spacial score (nSPS) is 16.7. The highest BCUT2D eigenvalue weighted by atomic mass is 35.5. The number of hydrogen-bond donors (Lipinski definition) is 1. The summed E-state index contributed by atoms with van der Waals surface area (Å²) in [6.07, 6.45) is 5.23. The Morgan fingerprint density at radius 1 is 0.788 bits per heavy atom. The second kappa shape index (κ2) is 9.74. The number of rotatable bonds is 5.